The molecule has 8 nitrogen and oxygen atoms in total. The van der Waals surface area contributed by atoms with Gasteiger partial charge < -0.3 is 29.0 Å². The lowest BCUT2D eigenvalue weighted by Crippen LogP contribution is -2.35. The van der Waals surface area contributed by atoms with Gasteiger partial charge in [0.2, 0.25) is 5.75 Å². The minimum atomic E-state index is -1.09. The van der Waals surface area contributed by atoms with Crippen LogP contribution in [-0.2, 0) is 14.3 Å². The van der Waals surface area contributed by atoms with E-state index in [0.29, 0.717) is 22.9 Å². The van der Waals surface area contributed by atoms with Gasteiger partial charge in [0, 0.05) is 17.8 Å². The molecule has 1 aromatic carbocycles. The number of carbonyl (C=O) groups excluding carboxylic acids is 1. The second kappa shape index (κ2) is 7.96. The Morgan fingerprint density at radius 3 is 1.91 bits per heavy atom. The summed E-state index contributed by atoms with van der Waals surface area (Å²) in [5, 5.41) is 9.00. The molecule has 0 fully saturated rings. The number of carboxylic acids is 1. The summed E-state index contributed by atoms with van der Waals surface area (Å²) < 4.78 is 20.2. The first-order chi connectivity index (χ1) is 10.5. The smallest absolute Gasteiger partial charge is 0.325 e. The van der Waals surface area contributed by atoms with E-state index in [2.05, 4.69) is 4.74 Å². The zero-order valence-corrected chi connectivity index (χ0v) is 12.9. The van der Waals surface area contributed by atoms with Crippen molar-refractivity contribution in [2.75, 3.05) is 46.4 Å². The average molecular weight is 313 g/mol. The van der Waals surface area contributed by atoms with Gasteiger partial charge in [0.05, 0.1) is 28.4 Å². The molecule has 0 saturated carbocycles. The van der Waals surface area contributed by atoms with E-state index in [9.17, 15) is 9.59 Å². The molecule has 122 valence electrons. The predicted octanol–water partition coefficient (Wildman–Crippen LogP) is 0.776. The summed E-state index contributed by atoms with van der Waals surface area (Å²) in [5.74, 6) is -0.552. The van der Waals surface area contributed by atoms with Crippen molar-refractivity contribution in [1.29, 1.82) is 0 Å². The summed E-state index contributed by atoms with van der Waals surface area (Å²) in [5.41, 5.74) is 0.433. The summed E-state index contributed by atoms with van der Waals surface area (Å²) in [6, 6.07) is 3.13. The summed E-state index contributed by atoms with van der Waals surface area (Å²) >= 11 is 0. The molecule has 0 aromatic heterocycles. The normalized spacial score (nSPS) is 9.82. The molecular weight excluding hydrogens is 294 g/mol. The standard InChI is InChI=1S/C14H19NO7/c1-19-10-5-9(6-11(20-2)14(10)22-4)15(7-12(16)17)8-13(18)21-3/h5-6H,7-8H2,1-4H3,(H,16,17). The number of esters is 1. The maximum absolute atomic E-state index is 11.5. The summed E-state index contributed by atoms with van der Waals surface area (Å²) in [4.78, 5) is 23.8. The Morgan fingerprint density at radius 2 is 1.55 bits per heavy atom. The number of aliphatic carboxylic acids is 1. The quantitative estimate of drug-likeness (QED) is 0.704. The van der Waals surface area contributed by atoms with Gasteiger partial charge in [-0.2, -0.15) is 0 Å². The molecular formula is C14H19NO7. The Bertz CT molecular complexity index is 519. The lowest BCUT2D eigenvalue weighted by atomic mass is 10.2. The molecule has 1 aromatic rings. The van der Waals surface area contributed by atoms with Gasteiger partial charge in [-0.1, -0.05) is 0 Å². The lowest BCUT2D eigenvalue weighted by molar-refractivity contribution is -0.139. The Balaban J connectivity index is 3.28. The Morgan fingerprint density at radius 1 is 1.00 bits per heavy atom. The van der Waals surface area contributed by atoms with Gasteiger partial charge >= 0.3 is 11.9 Å². The topological polar surface area (TPSA) is 94.5 Å². The first-order valence-corrected chi connectivity index (χ1v) is 6.30. The highest BCUT2D eigenvalue weighted by Gasteiger charge is 2.20. The largest absolute Gasteiger partial charge is 0.493 e. The zero-order chi connectivity index (χ0) is 16.7. The van der Waals surface area contributed by atoms with Crippen LogP contribution in [0.3, 0.4) is 0 Å². The van der Waals surface area contributed by atoms with Crippen LogP contribution in [0.1, 0.15) is 0 Å². The third-order valence-electron chi connectivity index (χ3n) is 2.89. The van der Waals surface area contributed by atoms with Crippen molar-refractivity contribution in [1.82, 2.24) is 0 Å². The van der Waals surface area contributed by atoms with Gasteiger partial charge in [0.1, 0.15) is 13.1 Å². The van der Waals surface area contributed by atoms with Crippen molar-refractivity contribution >= 4 is 17.6 Å². The number of rotatable bonds is 8. The minimum Gasteiger partial charge on any atom is -0.493 e. The van der Waals surface area contributed by atoms with Crippen LogP contribution in [0.2, 0.25) is 0 Å². The van der Waals surface area contributed by atoms with Crippen LogP contribution >= 0.6 is 0 Å². The van der Waals surface area contributed by atoms with E-state index in [-0.39, 0.29) is 13.1 Å². The Hall–Kier alpha value is -2.64. The van der Waals surface area contributed by atoms with Gasteiger partial charge in [0.15, 0.2) is 11.5 Å². The van der Waals surface area contributed by atoms with Gasteiger partial charge in [0.25, 0.3) is 0 Å². The van der Waals surface area contributed by atoms with E-state index >= 15 is 0 Å². The SMILES string of the molecule is COC(=O)CN(CC(=O)O)c1cc(OC)c(OC)c(OC)c1. The molecule has 0 amide bonds. The average Bonchev–Trinajstić information content (AvgIpc) is 2.51. The van der Waals surface area contributed by atoms with E-state index in [4.69, 9.17) is 19.3 Å². The number of ether oxygens (including phenoxy) is 4. The monoisotopic (exact) mass is 313 g/mol. The predicted molar refractivity (Wildman–Crippen MR) is 78.0 cm³/mol. The summed E-state index contributed by atoms with van der Waals surface area (Å²) in [6.07, 6.45) is 0. The highest BCUT2D eigenvalue weighted by molar-refractivity contribution is 5.81. The molecule has 0 radical (unpaired) electrons. The van der Waals surface area contributed by atoms with Gasteiger partial charge in [-0.25, -0.2) is 0 Å². The Labute approximate surface area is 128 Å². The zero-order valence-electron chi connectivity index (χ0n) is 12.9. The van der Waals surface area contributed by atoms with Gasteiger partial charge in [-0.05, 0) is 0 Å². The van der Waals surface area contributed by atoms with E-state index in [1.807, 2.05) is 0 Å². The van der Waals surface area contributed by atoms with Crippen LogP contribution in [0.4, 0.5) is 5.69 Å². The van der Waals surface area contributed by atoms with Crippen molar-refractivity contribution < 1.29 is 33.6 Å². The molecule has 0 bridgehead atoms. The number of hydrogen-bond donors (Lipinski definition) is 1. The number of methoxy groups -OCH3 is 4. The summed E-state index contributed by atoms with van der Waals surface area (Å²) in [6.45, 7) is -0.602. The second-order valence-corrected chi connectivity index (χ2v) is 4.21. The fourth-order valence-electron chi connectivity index (χ4n) is 1.87. The third-order valence-corrected chi connectivity index (χ3v) is 2.89. The van der Waals surface area contributed by atoms with E-state index in [1.165, 1.54) is 33.3 Å². The number of carbonyl (C=O) groups is 2. The molecule has 0 aliphatic heterocycles. The highest BCUT2D eigenvalue weighted by Crippen LogP contribution is 2.40. The fraction of sp³-hybridized carbons (Fsp3) is 0.429. The first kappa shape index (κ1) is 17.4. The number of nitrogens with zero attached hydrogens (tertiary/aromatic N) is 1. The van der Waals surface area contributed by atoms with Crippen molar-refractivity contribution in [3.05, 3.63) is 12.1 Å². The molecule has 0 saturated heterocycles. The third kappa shape index (κ3) is 4.18. The second-order valence-electron chi connectivity index (χ2n) is 4.21. The molecule has 0 aliphatic carbocycles. The van der Waals surface area contributed by atoms with Crippen LogP contribution in [0.15, 0.2) is 12.1 Å². The highest BCUT2D eigenvalue weighted by atomic mass is 16.5. The van der Waals surface area contributed by atoms with Gasteiger partial charge in [-0.15, -0.1) is 0 Å². The van der Waals surface area contributed by atoms with Crippen LogP contribution in [-0.4, -0.2) is 58.6 Å². The van der Waals surface area contributed by atoms with Crippen LogP contribution in [0, 0.1) is 0 Å². The summed E-state index contributed by atoms with van der Waals surface area (Å²) in [7, 11) is 5.59. The van der Waals surface area contributed by atoms with E-state index < -0.39 is 11.9 Å². The molecule has 0 unspecified atom stereocenters. The fourth-order valence-corrected chi connectivity index (χ4v) is 1.87. The van der Waals surface area contributed by atoms with E-state index in [1.54, 1.807) is 12.1 Å². The molecule has 8 heteroatoms. The van der Waals surface area contributed by atoms with Crippen molar-refractivity contribution in [2.24, 2.45) is 0 Å². The van der Waals surface area contributed by atoms with E-state index in [0.717, 1.165) is 0 Å². The van der Waals surface area contributed by atoms with Crippen molar-refractivity contribution in [3.8, 4) is 17.2 Å². The molecule has 22 heavy (non-hydrogen) atoms. The molecule has 0 heterocycles. The van der Waals surface area contributed by atoms with Crippen LogP contribution in [0.5, 0.6) is 17.2 Å². The number of carboxylic acid groups (broad SMARTS) is 1. The maximum atomic E-state index is 11.5. The van der Waals surface area contributed by atoms with Crippen LogP contribution < -0.4 is 19.1 Å². The molecule has 1 rings (SSSR count). The molecule has 0 spiro atoms. The molecule has 0 aliphatic rings. The maximum Gasteiger partial charge on any atom is 0.325 e. The minimum absolute atomic E-state index is 0.221. The van der Waals surface area contributed by atoms with Gasteiger partial charge in [-0.3, -0.25) is 9.59 Å². The molecule has 0 atom stereocenters. The first-order valence-electron chi connectivity index (χ1n) is 6.30. The Kier molecular flexibility index (Phi) is 6.30. The number of hydrogen-bond acceptors (Lipinski definition) is 7. The van der Waals surface area contributed by atoms with Crippen LogP contribution in [0.25, 0.3) is 0 Å². The number of anilines is 1. The van der Waals surface area contributed by atoms with Crippen molar-refractivity contribution in [3.63, 3.8) is 0 Å². The number of benzene rings is 1. The van der Waals surface area contributed by atoms with Crippen molar-refractivity contribution in [2.45, 2.75) is 0 Å². The molecule has 1 N–H and O–H groups in total. The lowest BCUT2D eigenvalue weighted by Gasteiger charge is -2.23.